The Kier molecular flexibility index (Phi) is 9.86. The minimum absolute atomic E-state index is 0.0430. The molecular formula is C24H29BrCl2N2O3. The average molecular weight is 544 g/mol. The zero-order valence-electron chi connectivity index (χ0n) is 18.9. The van der Waals surface area contributed by atoms with E-state index < -0.39 is 6.04 Å². The number of nitrogens with one attached hydrogen (secondary N) is 1. The molecule has 2 rings (SSSR count). The zero-order valence-corrected chi connectivity index (χ0v) is 22.0. The number of benzene rings is 2. The second-order valence-corrected chi connectivity index (χ2v) is 9.91. The Morgan fingerprint density at radius 3 is 2.28 bits per heavy atom. The first-order valence-corrected chi connectivity index (χ1v) is 12.0. The second kappa shape index (κ2) is 11.9. The highest BCUT2D eigenvalue weighted by molar-refractivity contribution is 9.10. The van der Waals surface area contributed by atoms with E-state index in [2.05, 4.69) is 35.1 Å². The summed E-state index contributed by atoms with van der Waals surface area (Å²) in [7, 11) is 0. The van der Waals surface area contributed by atoms with E-state index in [9.17, 15) is 9.59 Å². The molecule has 1 unspecified atom stereocenters. The van der Waals surface area contributed by atoms with E-state index in [1.165, 1.54) is 4.90 Å². The molecule has 174 valence electrons. The van der Waals surface area contributed by atoms with Crippen LogP contribution >= 0.6 is 39.1 Å². The first kappa shape index (κ1) is 26.5. The first-order chi connectivity index (χ1) is 15.0. The van der Waals surface area contributed by atoms with E-state index in [0.717, 1.165) is 15.6 Å². The number of nitrogens with zero attached hydrogens (tertiary/aromatic N) is 1. The van der Waals surface area contributed by atoms with E-state index >= 15 is 0 Å². The maximum atomic E-state index is 13.1. The van der Waals surface area contributed by atoms with E-state index in [1.54, 1.807) is 25.1 Å². The largest absolute Gasteiger partial charge is 0.483 e. The fourth-order valence-electron chi connectivity index (χ4n) is 3.04. The lowest BCUT2D eigenvalue weighted by atomic mass is 10.0. The molecule has 2 aromatic rings. The summed E-state index contributed by atoms with van der Waals surface area (Å²) in [5, 5.41) is 3.67. The number of hydrogen-bond acceptors (Lipinski definition) is 3. The number of carbonyl (C=O) groups is 2. The predicted molar refractivity (Wildman–Crippen MR) is 133 cm³/mol. The zero-order chi connectivity index (χ0) is 24.0. The number of carbonyl (C=O) groups excluding carboxylic acids is 2. The standard InChI is InChI=1S/C24H29BrCl2N2O3/c1-14(2)18-7-9-22(19(25)11-18)32-13-23(30)29(16(5)24(31)28-15(3)4)12-17-6-8-20(26)21(27)10-17/h6-11,14-16H,12-13H2,1-5H3,(H,28,31). The highest BCUT2D eigenvalue weighted by atomic mass is 79.9. The predicted octanol–water partition coefficient (Wildman–Crippen LogP) is 6.20. The summed E-state index contributed by atoms with van der Waals surface area (Å²) in [5.41, 5.74) is 1.93. The van der Waals surface area contributed by atoms with Crippen LogP contribution in [-0.2, 0) is 16.1 Å². The van der Waals surface area contributed by atoms with Crippen molar-refractivity contribution in [2.75, 3.05) is 6.61 Å². The minimum atomic E-state index is -0.699. The molecule has 0 saturated heterocycles. The Bertz CT molecular complexity index is 966. The molecule has 0 heterocycles. The number of halogens is 3. The monoisotopic (exact) mass is 542 g/mol. The summed E-state index contributed by atoms with van der Waals surface area (Å²) in [6, 6.07) is 10.2. The highest BCUT2D eigenvalue weighted by Crippen LogP contribution is 2.29. The van der Waals surface area contributed by atoms with Crippen molar-refractivity contribution in [1.82, 2.24) is 10.2 Å². The van der Waals surface area contributed by atoms with Crippen molar-refractivity contribution in [1.29, 1.82) is 0 Å². The van der Waals surface area contributed by atoms with Crippen molar-refractivity contribution in [3.05, 3.63) is 62.0 Å². The van der Waals surface area contributed by atoms with Gasteiger partial charge in [-0.2, -0.15) is 0 Å². The highest BCUT2D eigenvalue weighted by Gasteiger charge is 2.27. The summed E-state index contributed by atoms with van der Waals surface area (Å²) in [6.07, 6.45) is 0. The molecule has 0 spiro atoms. The molecule has 1 N–H and O–H groups in total. The van der Waals surface area contributed by atoms with Gasteiger partial charge in [-0.25, -0.2) is 0 Å². The van der Waals surface area contributed by atoms with Crippen LogP contribution in [0.4, 0.5) is 0 Å². The number of ether oxygens (including phenoxy) is 1. The summed E-state index contributed by atoms with van der Waals surface area (Å²) in [6.45, 7) is 9.64. The summed E-state index contributed by atoms with van der Waals surface area (Å²) in [5.74, 6) is 0.388. The third-order valence-electron chi connectivity index (χ3n) is 4.91. The van der Waals surface area contributed by atoms with Crippen molar-refractivity contribution in [3.63, 3.8) is 0 Å². The van der Waals surface area contributed by atoms with Gasteiger partial charge in [0.05, 0.1) is 14.5 Å². The van der Waals surface area contributed by atoms with Crippen LogP contribution in [0.3, 0.4) is 0 Å². The van der Waals surface area contributed by atoms with Gasteiger partial charge in [0.25, 0.3) is 5.91 Å². The Balaban J connectivity index is 2.20. The van der Waals surface area contributed by atoms with E-state index in [1.807, 2.05) is 32.0 Å². The van der Waals surface area contributed by atoms with E-state index in [0.29, 0.717) is 21.7 Å². The van der Waals surface area contributed by atoms with Crippen molar-refractivity contribution >= 4 is 50.9 Å². The van der Waals surface area contributed by atoms with Crippen molar-refractivity contribution in [2.24, 2.45) is 0 Å². The van der Waals surface area contributed by atoms with E-state index in [4.69, 9.17) is 27.9 Å². The number of rotatable bonds is 9. The summed E-state index contributed by atoms with van der Waals surface area (Å²) in [4.78, 5) is 27.3. The van der Waals surface area contributed by atoms with Gasteiger partial charge in [0.1, 0.15) is 11.8 Å². The van der Waals surface area contributed by atoms with Gasteiger partial charge >= 0.3 is 0 Å². The van der Waals surface area contributed by atoms with Crippen LogP contribution in [0.1, 0.15) is 51.7 Å². The molecule has 0 fully saturated rings. The third kappa shape index (κ3) is 7.39. The van der Waals surface area contributed by atoms with Gasteiger partial charge in [0.15, 0.2) is 6.61 Å². The van der Waals surface area contributed by atoms with Crippen LogP contribution in [0.25, 0.3) is 0 Å². The second-order valence-electron chi connectivity index (χ2n) is 8.24. The van der Waals surface area contributed by atoms with Crippen molar-refractivity contribution < 1.29 is 14.3 Å². The van der Waals surface area contributed by atoms with E-state index in [-0.39, 0.29) is 31.0 Å². The van der Waals surface area contributed by atoms with Crippen LogP contribution in [-0.4, -0.2) is 35.4 Å². The summed E-state index contributed by atoms with van der Waals surface area (Å²) >= 11 is 15.7. The molecule has 0 radical (unpaired) electrons. The van der Waals surface area contributed by atoms with Gasteiger partial charge in [-0.1, -0.05) is 49.2 Å². The van der Waals surface area contributed by atoms with Gasteiger partial charge in [-0.15, -0.1) is 0 Å². The Morgan fingerprint density at radius 2 is 1.72 bits per heavy atom. The molecule has 0 saturated carbocycles. The van der Waals surface area contributed by atoms with Crippen LogP contribution in [0, 0.1) is 0 Å². The molecule has 0 bridgehead atoms. The smallest absolute Gasteiger partial charge is 0.261 e. The maximum Gasteiger partial charge on any atom is 0.261 e. The maximum absolute atomic E-state index is 13.1. The third-order valence-corrected chi connectivity index (χ3v) is 6.27. The molecule has 0 aliphatic heterocycles. The van der Waals surface area contributed by atoms with Gasteiger partial charge in [0, 0.05) is 12.6 Å². The van der Waals surface area contributed by atoms with Gasteiger partial charge in [-0.3, -0.25) is 9.59 Å². The van der Waals surface area contributed by atoms with Crippen molar-refractivity contribution in [2.45, 2.75) is 59.2 Å². The molecule has 2 amide bonds. The molecule has 0 aliphatic carbocycles. The van der Waals surface area contributed by atoms with Gasteiger partial charge < -0.3 is 15.0 Å². The van der Waals surface area contributed by atoms with Crippen molar-refractivity contribution in [3.8, 4) is 5.75 Å². The fourth-order valence-corrected chi connectivity index (χ4v) is 3.87. The Morgan fingerprint density at radius 1 is 1.03 bits per heavy atom. The number of amides is 2. The molecule has 0 aromatic heterocycles. The van der Waals surface area contributed by atoms with Crippen LogP contribution in [0.5, 0.6) is 5.75 Å². The fraction of sp³-hybridized carbons (Fsp3) is 0.417. The quantitative estimate of drug-likeness (QED) is 0.409. The number of hydrogen-bond donors (Lipinski definition) is 1. The molecule has 0 aliphatic rings. The molecule has 2 aromatic carbocycles. The molecular weight excluding hydrogens is 515 g/mol. The van der Waals surface area contributed by atoms with Crippen LogP contribution < -0.4 is 10.1 Å². The SMILES string of the molecule is CC(C)NC(=O)C(C)N(Cc1ccc(Cl)c(Cl)c1)C(=O)COc1ccc(C(C)C)cc1Br. The molecule has 32 heavy (non-hydrogen) atoms. The average Bonchev–Trinajstić information content (AvgIpc) is 2.72. The van der Waals surface area contributed by atoms with Crippen LogP contribution in [0.15, 0.2) is 40.9 Å². The Labute approximate surface area is 208 Å². The molecule has 8 heteroatoms. The molecule has 5 nitrogen and oxygen atoms in total. The lowest BCUT2D eigenvalue weighted by Crippen LogP contribution is -2.50. The lowest BCUT2D eigenvalue weighted by molar-refractivity contribution is -0.142. The summed E-state index contributed by atoms with van der Waals surface area (Å²) < 4.78 is 6.56. The lowest BCUT2D eigenvalue weighted by Gasteiger charge is -2.29. The minimum Gasteiger partial charge on any atom is -0.483 e. The van der Waals surface area contributed by atoms with Gasteiger partial charge in [0.2, 0.25) is 5.91 Å². The first-order valence-electron chi connectivity index (χ1n) is 10.5. The normalized spacial score (nSPS) is 12.1. The Hall–Kier alpha value is -1.76. The van der Waals surface area contributed by atoms with Gasteiger partial charge in [-0.05, 0) is 78.0 Å². The molecule has 1 atom stereocenters. The van der Waals surface area contributed by atoms with Crippen LogP contribution in [0.2, 0.25) is 10.0 Å². The topological polar surface area (TPSA) is 58.6 Å².